The van der Waals surface area contributed by atoms with E-state index in [9.17, 15) is 24.3 Å². The molecule has 0 saturated heterocycles. The molecule has 3 rings (SSSR count). The van der Waals surface area contributed by atoms with Gasteiger partial charge in [-0.05, 0) is 31.0 Å². The van der Waals surface area contributed by atoms with Crippen LogP contribution in [-0.2, 0) is 11.8 Å². The van der Waals surface area contributed by atoms with Crippen LogP contribution in [-0.4, -0.2) is 51.7 Å². The topological polar surface area (TPSA) is 149 Å². The minimum atomic E-state index is -0.837. The normalized spacial score (nSPS) is 12.4. The maximum atomic E-state index is 13.1. The first-order valence-corrected chi connectivity index (χ1v) is 11.8. The fourth-order valence-electron chi connectivity index (χ4n) is 3.76. The molecule has 1 unspecified atom stereocenters. The number of rotatable bonds is 9. The van der Waals surface area contributed by atoms with Crippen molar-refractivity contribution in [2.45, 2.75) is 32.4 Å². The molecule has 0 radical (unpaired) electrons. The number of carbonyl (C=O) groups excluding carboxylic acids is 2. The molecule has 0 aliphatic heterocycles. The summed E-state index contributed by atoms with van der Waals surface area (Å²) in [5.41, 5.74) is -0.622. The smallest absolute Gasteiger partial charge is 0.290 e. The monoisotopic (exact) mass is 508 g/mol. The number of aryl methyl sites for hydroxylation is 1. The minimum Gasteiger partial charge on any atom is -0.505 e. The number of aromatic hydroxyl groups is 1. The number of amides is 2. The molecule has 196 valence electrons. The van der Waals surface area contributed by atoms with Crippen molar-refractivity contribution in [2.24, 2.45) is 7.05 Å². The van der Waals surface area contributed by atoms with Gasteiger partial charge in [-0.2, -0.15) is 0 Å². The summed E-state index contributed by atoms with van der Waals surface area (Å²) in [6.07, 6.45) is 0.320. The molecule has 1 aromatic heterocycles. The molecule has 2 aromatic carbocycles. The number of aromatic amines is 1. The number of hydrogen-bond acceptors (Lipinski definition) is 7. The number of phenols is 1. The molecule has 0 bridgehead atoms. The van der Waals surface area contributed by atoms with Crippen molar-refractivity contribution >= 4 is 28.9 Å². The van der Waals surface area contributed by atoms with Gasteiger partial charge in [-0.15, -0.1) is 0 Å². The first kappa shape index (κ1) is 27.1. The molecule has 5 N–H and O–H groups in total. The second kappa shape index (κ2) is 11.5. The standard InChI is InChI=1S/C26H32N6O5/c1-6-18(23(34)27-15(2)16-11-8-7-9-12-16)28-21-20(24(35)30-32(5)26(21)37)29-19-14-10-13-17(22(19)33)25(36)31(3)4/h7-15,18,28-29,33H,6H2,1-5H3,(H,27,34)(H,30,35)/t15?,18-/m1/s1. The highest BCUT2D eigenvalue weighted by Crippen LogP contribution is 2.31. The van der Waals surface area contributed by atoms with Gasteiger partial charge < -0.3 is 26.0 Å². The Labute approximate surface area is 214 Å². The van der Waals surface area contributed by atoms with Crippen LogP contribution < -0.4 is 27.1 Å². The fraction of sp³-hybridized carbons (Fsp3) is 0.308. The summed E-state index contributed by atoms with van der Waals surface area (Å²) in [5, 5.41) is 21.7. The van der Waals surface area contributed by atoms with E-state index in [2.05, 4.69) is 21.0 Å². The van der Waals surface area contributed by atoms with Crippen molar-refractivity contribution in [3.05, 3.63) is 80.4 Å². The van der Waals surface area contributed by atoms with Gasteiger partial charge in [-0.1, -0.05) is 43.3 Å². The summed E-state index contributed by atoms with van der Waals surface area (Å²) in [7, 11) is 4.47. The van der Waals surface area contributed by atoms with Gasteiger partial charge in [0.1, 0.15) is 17.4 Å². The van der Waals surface area contributed by atoms with Crippen molar-refractivity contribution in [1.82, 2.24) is 20.0 Å². The van der Waals surface area contributed by atoms with E-state index >= 15 is 0 Å². The van der Waals surface area contributed by atoms with Crippen molar-refractivity contribution < 1.29 is 14.7 Å². The number of H-pyrrole nitrogens is 1. The van der Waals surface area contributed by atoms with Crippen molar-refractivity contribution in [3.8, 4) is 5.75 Å². The molecule has 3 aromatic rings. The molecule has 1 heterocycles. The molecule has 0 fully saturated rings. The summed E-state index contributed by atoms with van der Waals surface area (Å²) in [5.74, 6) is -1.17. The highest BCUT2D eigenvalue weighted by Gasteiger charge is 2.24. The largest absolute Gasteiger partial charge is 0.505 e. The lowest BCUT2D eigenvalue weighted by molar-refractivity contribution is -0.122. The second-order valence-electron chi connectivity index (χ2n) is 8.83. The number of nitrogens with zero attached hydrogens (tertiary/aromatic N) is 2. The molecule has 0 saturated carbocycles. The summed E-state index contributed by atoms with van der Waals surface area (Å²) in [6, 6.07) is 12.8. The minimum absolute atomic E-state index is 0.0190. The van der Waals surface area contributed by atoms with Crippen LogP contribution >= 0.6 is 0 Å². The summed E-state index contributed by atoms with van der Waals surface area (Å²) < 4.78 is 0.999. The van der Waals surface area contributed by atoms with Crippen LogP contribution in [0.4, 0.5) is 17.1 Å². The van der Waals surface area contributed by atoms with E-state index in [1.165, 1.54) is 30.1 Å². The third kappa shape index (κ3) is 6.00. The van der Waals surface area contributed by atoms with Crippen LogP contribution in [0.15, 0.2) is 58.1 Å². The van der Waals surface area contributed by atoms with Gasteiger partial charge in [-0.3, -0.25) is 29.0 Å². The number of aromatic nitrogens is 2. The summed E-state index contributed by atoms with van der Waals surface area (Å²) >= 11 is 0. The van der Waals surface area contributed by atoms with Crippen LogP contribution in [0.25, 0.3) is 0 Å². The van der Waals surface area contributed by atoms with Gasteiger partial charge in [0, 0.05) is 21.1 Å². The lowest BCUT2D eigenvalue weighted by Crippen LogP contribution is -2.43. The van der Waals surface area contributed by atoms with Crippen LogP contribution in [0, 0.1) is 0 Å². The van der Waals surface area contributed by atoms with Gasteiger partial charge in [0.25, 0.3) is 17.0 Å². The zero-order valence-corrected chi connectivity index (χ0v) is 21.5. The van der Waals surface area contributed by atoms with Crippen molar-refractivity contribution in [3.63, 3.8) is 0 Å². The van der Waals surface area contributed by atoms with Gasteiger partial charge >= 0.3 is 0 Å². The Bertz CT molecular complexity index is 1400. The molecule has 2 amide bonds. The number of benzene rings is 2. The molecule has 11 nitrogen and oxygen atoms in total. The van der Waals surface area contributed by atoms with Crippen molar-refractivity contribution in [1.29, 1.82) is 0 Å². The molecule has 37 heavy (non-hydrogen) atoms. The van der Waals surface area contributed by atoms with Gasteiger partial charge in [-0.25, -0.2) is 0 Å². The number of hydrogen-bond donors (Lipinski definition) is 5. The number of para-hydroxylation sites is 1. The predicted molar refractivity (Wildman–Crippen MR) is 142 cm³/mol. The molecule has 0 aliphatic carbocycles. The number of carbonyl (C=O) groups is 2. The van der Waals surface area contributed by atoms with E-state index in [4.69, 9.17) is 0 Å². The quantitative estimate of drug-likeness (QED) is 0.279. The highest BCUT2D eigenvalue weighted by atomic mass is 16.3. The Hall–Kier alpha value is -4.54. The molecular formula is C26H32N6O5. The maximum Gasteiger partial charge on any atom is 0.290 e. The molecule has 0 spiro atoms. The first-order valence-electron chi connectivity index (χ1n) is 11.8. The lowest BCUT2D eigenvalue weighted by atomic mass is 10.1. The lowest BCUT2D eigenvalue weighted by Gasteiger charge is -2.23. The van der Waals surface area contributed by atoms with Crippen LogP contribution in [0.2, 0.25) is 0 Å². The molecular weight excluding hydrogens is 476 g/mol. The predicted octanol–water partition coefficient (Wildman–Crippen LogP) is 2.29. The van der Waals surface area contributed by atoms with Crippen molar-refractivity contribution in [2.75, 3.05) is 24.7 Å². The van der Waals surface area contributed by atoms with Gasteiger partial charge in [0.15, 0.2) is 5.75 Å². The number of nitrogens with one attached hydrogen (secondary N) is 4. The number of anilines is 3. The fourth-order valence-corrected chi connectivity index (χ4v) is 3.76. The zero-order valence-electron chi connectivity index (χ0n) is 21.5. The zero-order chi connectivity index (χ0) is 27.3. The van der Waals surface area contributed by atoms with E-state index in [1.807, 2.05) is 37.3 Å². The number of phenolic OH excluding ortho intramolecular Hbond substituents is 1. The average Bonchev–Trinajstić information content (AvgIpc) is 2.88. The third-order valence-corrected chi connectivity index (χ3v) is 5.90. The summed E-state index contributed by atoms with van der Waals surface area (Å²) in [6.45, 7) is 3.63. The second-order valence-corrected chi connectivity index (χ2v) is 8.83. The average molecular weight is 509 g/mol. The molecule has 11 heteroatoms. The molecule has 2 atom stereocenters. The van der Waals surface area contributed by atoms with E-state index in [0.29, 0.717) is 6.42 Å². The highest BCUT2D eigenvalue weighted by molar-refractivity contribution is 5.99. The van der Waals surface area contributed by atoms with Crippen LogP contribution in [0.3, 0.4) is 0 Å². The van der Waals surface area contributed by atoms with Gasteiger partial charge in [0.05, 0.1) is 17.3 Å². The van der Waals surface area contributed by atoms with Crippen LogP contribution in [0.5, 0.6) is 5.75 Å². The maximum absolute atomic E-state index is 13.1. The van der Waals surface area contributed by atoms with E-state index in [0.717, 1.165) is 10.2 Å². The molecule has 0 aliphatic rings. The van der Waals surface area contributed by atoms with E-state index in [-0.39, 0.29) is 40.3 Å². The Morgan fingerprint density at radius 2 is 1.73 bits per heavy atom. The SMILES string of the molecule is CC[C@@H](Nc1c(Nc2cccc(C(=O)N(C)C)c2O)c(=O)[nH]n(C)c1=O)C(=O)NC(C)c1ccccc1. The first-order chi connectivity index (χ1) is 17.5. The van der Waals surface area contributed by atoms with Crippen LogP contribution in [0.1, 0.15) is 42.2 Å². The Morgan fingerprint density at radius 3 is 2.35 bits per heavy atom. The summed E-state index contributed by atoms with van der Waals surface area (Å²) in [4.78, 5) is 52.7. The Kier molecular flexibility index (Phi) is 8.38. The Morgan fingerprint density at radius 1 is 1.05 bits per heavy atom. The van der Waals surface area contributed by atoms with Gasteiger partial charge in [0.2, 0.25) is 5.91 Å². The Balaban J connectivity index is 1.95. The van der Waals surface area contributed by atoms with E-state index < -0.39 is 23.1 Å². The third-order valence-electron chi connectivity index (χ3n) is 5.90. The van der Waals surface area contributed by atoms with E-state index in [1.54, 1.807) is 21.0 Å².